The molecule has 0 aliphatic carbocycles. The molecule has 2 atom stereocenters. The fraction of sp³-hybridized carbons (Fsp3) is 0.480. The SMILES string of the molecule is COc1ccc([C@@H]2C(C(=O)OC(C)C)=C(C)N=C3SC=C(CC(=O)NC[C@H]4CCCO4)N32)cc1. The monoisotopic (exact) mass is 485 g/mol. The van der Waals surface area contributed by atoms with Crippen molar-refractivity contribution in [1.29, 1.82) is 0 Å². The van der Waals surface area contributed by atoms with E-state index >= 15 is 0 Å². The van der Waals surface area contributed by atoms with E-state index in [0.717, 1.165) is 41.6 Å². The van der Waals surface area contributed by atoms with Crippen LogP contribution in [0.4, 0.5) is 0 Å². The summed E-state index contributed by atoms with van der Waals surface area (Å²) in [5, 5.41) is 5.66. The Bertz CT molecular complexity index is 1030. The van der Waals surface area contributed by atoms with Crippen molar-refractivity contribution in [1.82, 2.24) is 10.2 Å². The van der Waals surface area contributed by atoms with Crippen LogP contribution in [0.5, 0.6) is 5.75 Å². The van der Waals surface area contributed by atoms with Crippen LogP contribution in [0.15, 0.2) is 51.6 Å². The number of nitrogens with zero attached hydrogens (tertiary/aromatic N) is 2. The summed E-state index contributed by atoms with van der Waals surface area (Å²) >= 11 is 1.46. The van der Waals surface area contributed by atoms with Crippen molar-refractivity contribution in [2.24, 2.45) is 4.99 Å². The summed E-state index contributed by atoms with van der Waals surface area (Å²) in [6.07, 6.45) is 1.99. The van der Waals surface area contributed by atoms with E-state index in [1.807, 2.05) is 55.3 Å². The second-order valence-electron chi connectivity index (χ2n) is 8.74. The maximum absolute atomic E-state index is 13.2. The summed E-state index contributed by atoms with van der Waals surface area (Å²) in [6.45, 7) is 6.73. The Labute approximate surface area is 204 Å². The lowest BCUT2D eigenvalue weighted by atomic mass is 9.93. The van der Waals surface area contributed by atoms with Crippen LogP contribution < -0.4 is 10.1 Å². The van der Waals surface area contributed by atoms with Crippen LogP contribution in [0.1, 0.15) is 51.6 Å². The Hall–Kier alpha value is -2.78. The van der Waals surface area contributed by atoms with Gasteiger partial charge in [-0.25, -0.2) is 9.79 Å². The second kappa shape index (κ2) is 10.7. The van der Waals surface area contributed by atoms with Crippen LogP contribution in [-0.4, -0.2) is 54.4 Å². The number of fused-ring (bicyclic) bond motifs is 1. The maximum atomic E-state index is 13.2. The molecule has 1 aromatic rings. The van der Waals surface area contributed by atoms with Crippen molar-refractivity contribution in [3.63, 3.8) is 0 Å². The predicted octanol–water partition coefficient (Wildman–Crippen LogP) is 3.91. The Morgan fingerprint density at radius 1 is 1.29 bits per heavy atom. The molecule has 9 heteroatoms. The molecule has 1 aromatic carbocycles. The Kier molecular flexibility index (Phi) is 7.63. The minimum absolute atomic E-state index is 0.0815. The lowest BCUT2D eigenvalue weighted by Crippen LogP contribution is -2.39. The summed E-state index contributed by atoms with van der Waals surface area (Å²) in [6, 6.07) is 7.13. The molecule has 3 aliphatic heterocycles. The number of hydrogen-bond acceptors (Lipinski definition) is 8. The highest BCUT2D eigenvalue weighted by Gasteiger charge is 2.41. The van der Waals surface area contributed by atoms with Crippen LogP contribution >= 0.6 is 11.8 Å². The van der Waals surface area contributed by atoms with Gasteiger partial charge >= 0.3 is 5.97 Å². The third kappa shape index (κ3) is 5.31. The molecule has 0 bridgehead atoms. The zero-order valence-corrected chi connectivity index (χ0v) is 20.8. The summed E-state index contributed by atoms with van der Waals surface area (Å²) in [5.74, 6) is 0.227. The van der Waals surface area contributed by atoms with Gasteiger partial charge in [-0.1, -0.05) is 23.9 Å². The molecule has 0 saturated carbocycles. The highest BCUT2D eigenvalue weighted by Crippen LogP contribution is 2.45. The molecule has 0 spiro atoms. The molecule has 1 amide bonds. The van der Waals surface area contributed by atoms with Crippen molar-refractivity contribution in [3.8, 4) is 5.75 Å². The van der Waals surface area contributed by atoms with Crippen LogP contribution in [0.3, 0.4) is 0 Å². The summed E-state index contributed by atoms with van der Waals surface area (Å²) in [7, 11) is 1.61. The number of amidine groups is 1. The van der Waals surface area contributed by atoms with Gasteiger partial charge in [0.2, 0.25) is 5.91 Å². The highest BCUT2D eigenvalue weighted by molar-refractivity contribution is 8.16. The summed E-state index contributed by atoms with van der Waals surface area (Å²) in [4.78, 5) is 32.6. The standard InChI is InChI=1S/C25H31N3O5S/c1-15(2)33-24(30)22-16(3)27-25-28(23(22)17-7-9-19(31-4)10-8-17)18(14-34-25)12-21(29)26-13-20-6-5-11-32-20/h7-10,14-15,20,23H,5-6,11-13H2,1-4H3,(H,26,29)/t20-,23-/m1/s1. The number of amides is 1. The predicted molar refractivity (Wildman–Crippen MR) is 131 cm³/mol. The molecule has 1 saturated heterocycles. The number of benzene rings is 1. The second-order valence-corrected chi connectivity index (χ2v) is 9.57. The fourth-order valence-electron chi connectivity index (χ4n) is 4.27. The van der Waals surface area contributed by atoms with Crippen molar-refractivity contribution in [3.05, 3.63) is 52.2 Å². The smallest absolute Gasteiger partial charge is 0.338 e. The van der Waals surface area contributed by atoms with Crippen LogP contribution in [0.2, 0.25) is 0 Å². The molecular formula is C25H31N3O5S. The number of aliphatic imine (C=N–C) groups is 1. The first-order valence-electron chi connectivity index (χ1n) is 11.5. The molecule has 34 heavy (non-hydrogen) atoms. The van der Waals surface area contributed by atoms with Gasteiger partial charge in [0.15, 0.2) is 5.17 Å². The Morgan fingerprint density at radius 2 is 2.06 bits per heavy atom. The normalized spacial score (nSPS) is 21.9. The molecule has 1 N–H and O–H groups in total. The van der Waals surface area contributed by atoms with Crippen molar-refractivity contribution in [2.45, 2.75) is 58.3 Å². The fourth-order valence-corrected chi connectivity index (χ4v) is 5.23. The number of carbonyl (C=O) groups excluding carboxylic acids is 2. The third-order valence-corrected chi connectivity index (χ3v) is 6.78. The van der Waals surface area contributed by atoms with E-state index in [2.05, 4.69) is 10.3 Å². The minimum atomic E-state index is -0.461. The Morgan fingerprint density at radius 3 is 2.71 bits per heavy atom. The number of esters is 1. The number of ether oxygens (including phenoxy) is 3. The zero-order valence-electron chi connectivity index (χ0n) is 20.0. The van der Waals surface area contributed by atoms with E-state index in [1.165, 1.54) is 11.8 Å². The average molecular weight is 486 g/mol. The van der Waals surface area contributed by atoms with Gasteiger partial charge in [-0.3, -0.25) is 4.79 Å². The van der Waals surface area contributed by atoms with Crippen LogP contribution in [0.25, 0.3) is 0 Å². The van der Waals surface area contributed by atoms with E-state index < -0.39 is 12.0 Å². The van der Waals surface area contributed by atoms with Crippen LogP contribution in [0, 0.1) is 0 Å². The molecule has 0 unspecified atom stereocenters. The van der Waals surface area contributed by atoms with E-state index in [9.17, 15) is 9.59 Å². The molecular weight excluding hydrogens is 454 g/mol. The number of thioether (sulfide) groups is 1. The van der Waals surface area contributed by atoms with Gasteiger partial charge < -0.3 is 24.4 Å². The first kappa shape index (κ1) is 24.3. The highest BCUT2D eigenvalue weighted by atomic mass is 32.2. The quantitative estimate of drug-likeness (QED) is 0.559. The first-order valence-corrected chi connectivity index (χ1v) is 12.4. The number of rotatable bonds is 8. The first-order chi connectivity index (χ1) is 16.4. The molecule has 3 heterocycles. The zero-order chi connectivity index (χ0) is 24.2. The summed E-state index contributed by atoms with van der Waals surface area (Å²) in [5.41, 5.74) is 2.76. The molecule has 1 fully saturated rings. The van der Waals surface area contributed by atoms with Crippen molar-refractivity contribution >= 4 is 28.8 Å². The number of allylic oxidation sites excluding steroid dienone is 1. The van der Waals surface area contributed by atoms with Gasteiger partial charge in [0.25, 0.3) is 0 Å². The van der Waals surface area contributed by atoms with E-state index in [-0.39, 0.29) is 24.5 Å². The van der Waals surface area contributed by atoms with Crippen molar-refractivity contribution < 1.29 is 23.8 Å². The molecule has 182 valence electrons. The van der Waals surface area contributed by atoms with Crippen molar-refractivity contribution in [2.75, 3.05) is 20.3 Å². The topological polar surface area (TPSA) is 89.5 Å². The molecule has 3 aliphatic rings. The van der Waals surface area contributed by atoms with Gasteiger partial charge in [0, 0.05) is 18.8 Å². The number of nitrogens with one attached hydrogen (secondary N) is 1. The molecule has 8 nitrogen and oxygen atoms in total. The summed E-state index contributed by atoms with van der Waals surface area (Å²) < 4.78 is 16.5. The lowest BCUT2D eigenvalue weighted by molar-refractivity contribution is -0.143. The number of hydrogen-bond donors (Lipinski definition) is 1. The van der Waals surface area contributed by atoms with Gasteiger partial charge in [-0.05, 0) is 56.7 Å². The minimum Gasteiger partial charge on any atom is -0.497 e. The lowest BCUT2D eigenvalue weighted by Gasteiger charge is -2.36. The molecule has 0 radical (unpaired) electrons. The molecule has 0 aromatic heterocycles. The van der Waals surface area contributed by atoms with Gasteiger partial charge in [-0.2, -0.15) is 0 Å². The van der Waals surface area contributed by atoms with E-state index in [1.54, 1.807) is 7.11 Å². The number of methoxy groups -OCH3 is 1. The van der Waals surface area contributed by atoms with Gasteiger partial charge in [0.05, 0.1) is 43.1 Å². The largest absolute Gasteiger partial charge is 0.497 e. The van der Waals surface area contributed by atoms with E-state index in [0.29, 0.717) is 17.8 Å². The number of carbonyl (C=O) groups is 2. The van der Waals surface area contributed by atoms with Crippen LogP contribution in [-0.2, 0) is 19.1 Å². The maximum Gasteiger partial charge on any atom is 0.338 e. The van der Waals surface area contributed by atoms with Gasteiger partial charge in [0.1, 0.15) is 5.75 Å². The average Bonchev–Trinajstić information content (AvgIpc) is 3.46. The molecule has 4 rings (SSSR count). The van der Waals surface area contributed by atoms with Gasteiger partial charge in [-0.15, -0.1) is 0 Å². The third-order valence-electron chi connectivity index (χ3n) is 5.89. The Balaban J connectivity index is 1.61. The van der Waals surface area contributed by atoms with E-state index in [4.69, 9.17) is 14.2 Å².